The molecule has 0 fully saturated rings. The number of hydrogen-bond acceptors (Lipinski definition) is 6. The van der Waals surface area contributed by atoms with Gasteiger partial charge in [0.05, 0.1) is 0 Å². The van der Waals surface area contributed by atoms with E-state index in [0.717, 1.165) is 83.5 Å². The molecule has 79 heavy (non-hydrogen) atoms. The van der Waals surface area contributed by atoms with E-state index < -0.39 is 6.10 Å². The van der Waals surface area contributed by atoms with Crippen LogP contribution in [0, 0.1) is 0 Å². The first kappa shape index (κ1) is 76.4. The zero-order valence-corrected chi connectivity index (χ0v) is 53.2. The minimum atomic E-state index is -0.779. The van der Waals surface area contributed by atoms with Crippen molar-refractivity contribution in [1.82, 2.24) is 0 Å². The highest BCUT2D eigenvalue weighted by Crippen LogP contribution is 2.18. The summed E-state index contributed by atoms with van der Waals surface area (Å²) >= 11 is 0. The lowest BCUT2D eigenvalue weighted by Crippen LogP contribution is -2.30. The van der Waals surface area contributed by atoms with Crippen LogP contribution in [0.1, 0.15) is 380 Å². The molecule has 6 heteroatoms. The zero-order valence-electron chi connectivity index (χ0n) is 53.2. The standard InChI is InChI=1S/C73H134O6/c1-4-7-10-13-16-19-22-25-28-31-33-35-37-39-40-42-45-48-51-54-57-60-63-66-72(75)78-69-70(68-77-71(74)65-62-59-56-53-50-47-44-30-27-24-21-18-15-12-9-6-3)79-73(76)67-64-61-58-55-52-49-46-43-41-38-36-34-32-29-26-23-20-17-14-11-8-5-2/h22,25,30-31,33,37,39,44,70H,4-21,23-24,26-29,32,34-36,38,40-43,45-69H2,1-3H3/b25-22-,33-31-,39-37-,44-30-. The molecule has 0 heterocycles. The average Bonchev–Trinajstić information content (AvgIpc) is 3.45. The van der Waals surface area contributed by atoms with Crippen LogP contribution in [0.3, 0.4) is 0 Å². The molecular weight excluding hydrogens is 973 g/mol. The first-order valence-corrected chi connectivity index (χ1v) is 35.1. The molecule has 0 saturated heterocycles. The summed E-state index contributed by atoms with van der Waals surface area (Å²) in [6, 6.07) is 0. The summed E-state index contributed by atoms with van der Waals surface area (Å²) in [5.41, 5.74) is 0. The van der Waals surface area contributed by atoms with E-state index in [1.165, 1.54) is 257 Å². The number of allylic oxidation sites excluding steroid dienone is 8. The molecule has 0 aromatic rings. The predicted octanol–water partition coefficient (Wildman–Crippen LogP) is 24.1. The highest BCUT2D eigenvalue weighted by atomic mass is 16.6. The van der Waals surface area contributed by atoms with Gasteiger partial charge in [-0.15, -0.1) is 0 Å². The van der Waals surface area contributed by atoms with Crippen molar-refractivity contribution in [2.45, 2.75) is 386 Å². The molecule has 0 bridgehead atoms. The van der Waals surface area contributed by atoms with Gasteiger partial charge in [0.25, 0.3) is 0 Å². The normalized spacial score (nSPS) is 12.3. The van der Waals surface area contributed by atoms with E-state index >= 15 is 0 Å². The average molecular weight is 1110 g/mol. The second-order valence-electron chi connectivity index (χ2n) is 23.8. The molecule has 0 rings (SSSR count). The Bertz CT molecular complexity index is 1360. The molecule has 462 valence electrons. The van der Waals surface area contributed by atoms with Crippen LogP contribution in [-0.2, 0) is 28.6 Å². The van der Waals surface area contributed by atoms with Crippen LogP contribution in [-0.4, -0.2) is 37.2 Å². The van der Waals surface area contributed by atoms with Crippen molar-refractivity contribution in [3.8, 4) is 0 Å². The maximum absolute atomic E-state index is 13.0. The van der Waals surface area contributed by atoms with E-state index in [4.69, 9.17) is 14.2 Å². The van der Waals surface area contributed by atoms with Crippen LogP contribution < -0.4 is 0 Å². The minimum absolute atomic E-state index is 0.0758. The van der Waals surface area contributed by atoms with Gasteiger partial charge in [-0.3, -0.25) is 14.4 Å². The van der Waals surface area contributed by atoms with Crippen LogP contribution in [0.25, 0.3) is 0 Å². The Morgan fingerprint density at radius 1 is 0.253 bits per heavy atom. The Morgan fingerprint density at radius 2 is 0.456 bits per heavy atom. The fraction of sp³-hybridized carbons (Fsp3) is 0.849. The van der Waals surface area contributed by atoms with Crippen LogP contribution in [0.5, 0.6) is 0 Å². The van der Waals surface area contributed by atoms with Gasteiger partial charge in [-0.25, -0.2) is 0 Å². The van der Waals surface area contributed by atoms with Crippen LogP contribution in [0.15, 0.2) is 48.6 Å². The maximum atomic E-state index is 13.0. The Morgan fingerprint density at radius 3 is 0.722 bits per heavy atom. The second kappa shape index (κ2) is 67.9. The van der Waals surface area contributed by atoms with Crippen molar-refractivity contribution < 1.29 is 28.6 Å². The van der Waals surface area contributed by atoms with Gasteiger partial charge in [0, 0.05) is 19.3 Å². The molecular formula is C73H134O6. The largest absolute Gasteiger partial charge is 0.462 e. The van der Waals surface area contributed by atoms with Crippen molar-refractivity contribution in [2.75, 3.05) is 13.2 Å². The molecule has 0 saturated carbocycles. The SMILES string of the molecule is CCCCCCC/C=C\C/C=C\C/C=C\CCCCCCCCCCC(=O)OCC(COC(=O)CCCCCCC/C=C\CCCCCCCCC)OC(=O)CCCCCCCCCCCCCCCCCCCCCCCC. The van der Waals surface area contributed by atoms with Gasteiger partial charge in [0.15, 0.2) is 6.10 Å². The van der Waals surface area contributed by atoms with Gasteiger partial charge in [-0.05, 0) is 83.5 Å². The van der Waals surface area contributed by atoms with E-state index in [-0.39, 0.29) is 31.1 Å². The zero-order chi connectivity index (χ0) is 57.1. The number of unbranched alkanes of at least 4 members (excludes halogenated alkanes) is 46. The maximum Gasteiger partial charge on any atom is 0.306 e. The highest BCUT2D eigenvalue weighted by Gasteiger charge is 2.19. The topological polar surface area (TPSA) is 78.9 Å². The van der Waals surface area contributed by atoms with Gasteiger partial charge in [-0.1, -0.05) is 326 Å². The van der Waals surface area contributed by atoms with E-state index in [0.29, 0.717) is 19.3 Å². The molecule has 6 nitrogen and oxygen atoms in total. The summed E-state index contributed by atoms with van der Waals surface area (Å²) in [6.07, 6.45) is 85.6. The number of carbonyl (C=O) groups excluding carboxylic acids is 3. The van der Waals surface area contributed by atoms with Crippen molar-refractivity contribution in [1.29, 1.82) is 0 Å². The summed E-state index contributed by atoms with van der Waals surface area (Å²) in [6.45, 7) is 6.68. The summed E-state index contributed by atoms with van der Waals surface area (Å²) in [7, 11) is 0. The minimum Gasteiger partial charge on any atom is -0.462 e. The number of esters is 3. The number of ether oxygens (including phenoxy) is 3. The summed E-state index contributed by atoms with van der Waals surface area (Å²) in [5.74, 6) is -0.864. The fourth-order valence-electron chi connectivity index (χ4n) is 10.5. The van der Waals surface area contributed by atoms with Crippen LogP contribution in [0.2, 0.25) is 0 Å². The lowest BCUT2D eigenvalue weighted by molar-refractivity contribution is -0.167. The smallest absolute Gasteiger partial charge is 0.306 e. The van der Waals surface area contributed by atoms with E-state index in [1.807, 2.05) is 0 Å². The van der Waals surface area contributed by atoms with Gasteiger partial charge < -0.3 is 14.2 Å². The third kappa shape index (κ3) is 66.1. The molecule has 0 aliphatic carbocycles. The monoisotopic (exact) mass is 1110 g/mol. The van der Waals surface area contributed by atoms with Gasteiger partial charge >= 0.3 is 17.9 Å². The van der Waals surface area contributed by atoms with Crippen molar-refractivity contribution in [2.24, 2.45) is 0 Å². The second-order valence-corrected chi connectivity index (χ2v) is 23.8. The van der Waals surface area contributed by atoms with Crippen LogP contribution in [0.4, 0.5) is 0 Å². The quantitative estimate of drug-likeness (QED) is 0.0261. The van der Waals surface area contributed by atoms with E-state index in [9.17, 15) is 14.4 Å². The van der Waals surface area contributed by atoms with Crippen molar-refractivity contribution in [3.05, 3.63) is 48.6 Å². The summed E-state index contributed by atoms with van der Waals surface area (Å²) < 4.78 is 17.0. The van der Waals surface area contributed by atoms with Crippen LogP contribution >= 0.6 is 0 Å². The number of rotatable bonds is 65. The van der Waals surface area contributed by atoms with E-state index in [2.05, 4.69) is 69.4 Å². The highest BCUT2D eigenvalue weighted by molar-refractivity contribution is 5.71. The summed E-state index contributed by atoms with van der Waals surface area (Å²) in [5, 5.41) is 0. The molecule has 0 N–H and O–H groups in total. The molecule has 0 aromatic carbocycles. The van der Waals surface area contributed by atoms with Crippen molar-refractivity contribution in [3.63, 3.8) is 0 Å². The molecule has 1 unspecified atom stereocenters. The molecule has 0 aliphatic heterocycles. The first-order chi connectivity index (χ1) is 39.0. The predicted molar refractivity (Wildman–Crippen MR) is 344 cm³/mol. The lowest BCUT2D eigenvalue weighted by Gasteiger charge is -2.18. The Hall–Kier alpha value is -2.63. The molecule has 0 radical (unpaired) electrons. The van der Waals surface area contributed by atoms with Crippen molar-refractivity contribution >= 4 is 17.9 Å². The first-order valence-electron chi connectivity index (χ1n) is 35.1. The van der Waals surface area contributed by atoms with E-state index in [1.54, 1.807) is 0 Å². The Labute approximate surface area is 492 Å². The molecule has 0 aromatic heterocycles. The number of carbonyl (C=O) groups is 3. The molecule has 1 atom stereocenters. The number of hydrogen-bond donors (Lipinski definition) is 0. The van der Waals surface area contributed by atoms with Gasteiger partial charge in [0.2, 0.25) is 0 Å². The molecule has 0 amide bonds. The lowest BCUT2D eigenvalue weighted by atomic mass is 10.0. The molecule has 0 aliphatic rings. The fourth-order valence-corrected chi connectivity index (χ4v) is 10.5. The molecule has 0 spiro atoms. The Balaban J connectivity index is 4.33. The summed E-state index contributed by atoms with van der Waals surface area (Å²) in [4.78, 5) is 38.4. The third-order valence-electron chi connectivity index (χ3n) is 15.8. The van der Waals surface area contributed by atoms with Gasteiger partial charge in [0.1, 0.15) is 13.2 Å². The van der Waals surface area contributed by atoms with Gasteiger partial charge in [-0.2, -0.15) is 0 Å². The Kier molecular flexibility index (Phi) is 65.6. The third-order valence-corrected chi connectivity index (χ3v) is 15.8.